The molecule has 0 heterocycles. The molecular formula is C13H18F2N2O. The number of ether oxygens (including phenoxy) is 1. The van der Waals surface area contributed by atoms with E-state index in [1.54, 1.807) is 11.9 Å². The summed E-state index contributed by atoms with van der Waals surface area (Å²) in [4.78, 5) is 1.72. The average Bonchev–Trinajstić information content (AvgIpc) is 3.11. The van der Waals surface area contributed by atoms with Crippen molar-refractivity contribution in [3.05, 3.63) is 23.8 Å². The lowest BCUT2D eigenvalue weighted by molar-refractivity contribution is 0.382. The van der Waals surface area contributed by atoms with E-state index in [9.17, 15) is 8.78 Å². The van der Waals surface area contributed by atoms with Gasteiger partial charge in [0.25, 0.3) is 0 Å². The molecule has 0 aliphatic heterocycles. The van der Waals surface area contributed by atoms with Crippen molar-refractivity contribution in [2.45, 2.75) is 12.8 Å². The Morgan fingerprint density at radius 1 is 1.33 bits per heavy atom. The van der Waals surface area contributed by atoms with Gasteiger partial charge in [-0.25, -0.2) is 8.78 Å². The smallest absolute Gasteiger partial charge is 0.167 e. The number of hydrogen-bond donors (Lipinski definition) is 1. The Morgan fingerprint density at radius 3 is 2.50 bits per heavy atom. The van der Waals surface area contributed by atoms with Crippen LogP contribution in [0.3, 0.4) is 0 Å². The molecule has 2 N–H and O–H groups in total. The van der Waals surface area contributed by atoms with Crippen LogP contribution in [-0.4, -0.2) is 27.2 Å². The van der Waals surface area contributed by atoms with E-state index in [0.29, 0.717) is 13.1 Å². The van der Waals surface area contributed by atoms with Crippen LogP contribution in [0.4, 0.5) is 14.5 Å². The molecule has 1 aliphatic rings. The largest absolute Gasteiger partial charge is 0.494 e. The number of hydrogen-bond acceptors (Lipinski definition) is 3. The van der Waals surface area contributed by atoms with Gasteiger partial charge in [-0.1, -0.05) is 0 Å². The molecule has 0 unspecified atom stereocenters. The van der Waals surface area contributed by atoms with Gasteiger partial charge in [0.15, 0.2) is 11.6 Å². The minimum Gasteiger partial charge on any atom is -0.494 e. The van der Waals surface area contributed by atoms with Gasteiger partial charge in [-0.05, 0) is 19.4 Å². The zero-order chi connectivity index (χ0) is 13.3. The molecule has 18 heavy (non-hydrogen) atoms. The van der Waals surface area contributed by atoms with Gasteiger partial charge in [0.2, 0.25) is 0 Å². The molecule has 100 valence electrons. The van der Waals surface area contributed by atoms with Crippen LogP contribution in [0.5, 0.6) is 5.75 Å². The van der Waals surface area contributed by atoms with Crippen LogP contribution in [-0.2, 0) is 0 Å². The van der Waals surface area contributed by atoms with E-state index in [4.69, 9.17) is 10.5 Å². The van der Waals surface area contributed by atoms with Gasteiger partial charge in [-0.2, -0.15) is 0 Å². The van der Waals surface area contributed by atoms with E-state index < -0.39 is 11.6 Å². The number of benzene rings is 1. The van der Waals surface area contributed by atoms with E-state index in [0.717, 1.165) is 18.9 Å². The lowest BCUT2D eigenvalue weighted by Crippen LogP contribution is -2.32. The van der Waals surface area contributed by atoms with Gasteiger partial charge in [-0.15, -0.1) is 0 Å². The first-order chi connectivity index (χ1) is 8.51. The van der Waals surface area contributed by atoms with Crippen LogP contribution in [0.2, 0.25) is 0 Å². The molecule has 1 aromatic carbocycles. The third kappa shape index (κ3) is 2.41. The molecule has 5 heteroatoms. The van der Waals surface area contributed by atoms with Crippen LogP contribution in [0.15, 0.2) is 12.1 Å². The van der Waals surface area contributed by atoms with Gasteiger partial charge in [0.1, 0.15) is 5.82 Å². The Labute approximate surface area is 106 Å². The Hall–Kier alpha value is -1.36. The number of methoxy groups -OCH3 is 1. The summed E-state index contributed by atoms with van der Waals surface area (Å²) in [6, 6.07) is 2.24. The van der Waals surface area contributed by atoms with E-state index >= 15 is 0 Å². The van der Waals surface area contributed by atoms with Crippen molar-refractivity contribution in [3.8, 4) is 5.75 Å². The number of nitrogens with two attached hydrogens (primary N) is 1. The second-order valence-corrected chi connectivity index (χ2v) is 5.00. The number of nitrogens with zero attached hydrogens (tertiary/aromatic N) is 1. The second-order valence-electron chi connectivity index (χ2n) is 5.00. The van der Waals surface area contributed by atoms with Gasteiger partial charge >= 0.3 is 0 Å². The molecule has 3 nitrogen and oxygen atoms in total. The van der Waals surface area contributed by atoms with Crippen molar-refractivity contribution >= 4 is 5.69 Å². The lowest BCUT2D eigenvalue weighted by atomic mass is 10.1. The summed E-state index contributed by atoms with van der Waals surface area (Å²) in [5, 5.41) is 0. The molecule has 0 atom stereocenters. The molecule has 1 aromatic rings. The normalized spacial score (nSPS) is 16.5. The molecule has 0 aromatic heterocycles. The zero-order valence-electron chi connectivity index (χ0n) is 10.7. The van der Waals surface area contributed by atoms with Gasteiger partial charge < -0.3 is 15.4 Å². The first-order valence-corrected chi connectivity index (χ1v) is 5.95. The third-order valence-electron chi connectivity index (χ3n) is 3.60. The highest BCUT2D eigenvalue weighted by molar-refractivity contribution is 5.51. The Kier molecular flexibility index (Phi) is 3.43. The molecule has 0 radical (unpaired) electrons. The highest BCUT2D eigenvalue weighted by atomic mass is 19.1. The van der Waals surface area contributed by atoms with Crippen LogP contribution in [0, 0.1) is 17.0 Å². The van der Waals surface area contributed by atoms with Crippen LogP contribution >= 0.6 is 0 Å². The topological polar surface area (TPSA) is 38.5 Å². The predicted octanol–water partition coefficient (Wildman–Crippen LogP) is 2.15. The first-order valence-electron chi connectivity index (χ1n) is 5.95. The minimum atomic E-state index is -0.557. The van der Waals surface area contributed by atoms with Crippen LogP contribution < -0.4 is 15.4 Å². The number of halogens is 2. The minimum absolute atomic E-state index is 0.0791. The quantitative estimate of drug-likeness (QED) is 0.877. The fourth-order valence-corrected chi connectivity index (χ4v) is 2.16. The molecule has 2 rings (SSSR count). The monoisotopic (exact) mass is 256 g/mol. The summed E-state index contributed by atoms with van der Waals surface area (Å²) in [6.07, 6.45) is 2.10. The maximum Gasteiger partial charge on any atom is 0.167 e. The van der Waals surface area contributed by atoms with Crippen molar-refractivity contribution in [3.63, 3.8) is 0 Å². The van der Waals surface area contributed by atoms with Crippen molar-refractivity contribution in [2.24, 2.45) is 11.1 Å². The maximum atomic E-state index is 13.8. The summed E-state index contributed by atoms with van der Waals surface area (Å²) in [7, 11) is 3.06. The predicted molar refractivity (Wildman–Crippen MR) is 66.9 cm³/mol. The van der Waals surface area contributed by atoms with Crippen LogP contribution in [0.1, 0.15) is 12.8 Å². The summed E-state index contributed by atoms with van der Waals surface area (Å²) in [6.45, 7) is 1.23. The molecule has 0 saturated heterocycles. The van der Waals surface area contributed by atoms with E-state index in [1.165, 1.54) is 13.2 Å². The summed E-state index contributed by atoms with van der Waals surface area (Å²) in [5.41, 5.74) is 6.02. The van der Waals surface area contributed by atoms with Gasteiger partial charge in [-0.3, -0.25) is 0 Å². The van der Waals surface area contributed by atoms with Crippen molar-refractivity contribution in [1.29, 1.82) is 0 Å². The summed E-state index contributed by atoms with van der Waals surface area (Å²) < 4.78 is 32.2. The Morgan fingerprint density at radius 2 is 2.00 bits per heavy atom. The molecule has 1 aliphatic carbocycles. The summed E-state index contributed by atoms with van der Waals surface area (Å²) in [5.74, 6) is -1.12. The summed E-state index contributed by atoms with van der Waals surface area (Å²) >= 11 is 0. The molecule has 1 fully saturated rings. The van der Waals surface area contributed by atoms with Crippen LogP contribution in [0.25, 0.3) is 0 Å². The lowest BCUT2D eigenvalue weighted by Gasteiger charge is -2.25. The standard InChI is InChI=1S/C13H18F2N2O/c1-17(8-13(7-16)3-4-13)11-5-10(15)12(18-2)6-9(11)14/h5-6H,3-4,7-8,16H2,1-2H3. The highest BCUT2D eigenvalue weighted by Crippen LogP contribution is 2.45. The van der Waals surface area contributed by atoms with E-state index in [1.807, 2.05) is 0 Å². The molecular weight excluding hydrogens is 238 g/mol. The second kappa shape index (κ2) is 4.72. The highest BCUT2D eigenvalue weighted by Gasteiger charge is 2.42. The Bertz CT molecular complexity index is 447. The molecule has 0 spiro atoms. The van der Waals surface area contributed by atoms with Crippen molar-refractivity contribution < 1.29 is 13.5 Å². The van der Waals surface area contributed by atoms with Gasteiger partial charge in [0.05, 0.1) is 12.8 Å². The number of rotatable bonds is 5. The average molecular weight is 256 g/mol. The van der Waals surface area contributed by atoms with E-state index in [2.05, 4.69) is 0 Å². The van der Waals surface area contributed by atoms with E-state index in [-0.39, 0.29) is 16.9 Å². The number of anilines is 1. The van der Waals surface area contributed by atoms with Crippen molar-refractivity contribution in [1.82, 2.24) is 0 Å². The maximum absolute atomic E-state index is 13.8. The Balaban J connectivity index is 2.20. The fraction of sp³-hybridized carbons (Fsp3) is 0.538. The molecule has 0 amide bonds. The van der Waals surface area contributed by atoms with Crippen molar-refractivity contribution in [2.75, 3.05) is 32.1 Å². The fourth-order valence-electron chi connectivity index (χ4n) is 2.16. The zero-order valence-corrected chi connectivity index (χ0v) is 10.7. The molecule has 1 saturated carbocycles. The first kappa shape index (κ1) is 13.1. The SMILES string of the molecule is COc1cc(F)c(N(C)CC2(CN)CC2)cc1F. The molecule has 0 bridgehead atoms. The third-order valence-corrected chi connectivity index (χ3v) is 3.60. The van der Waals surface area contributed by atoms with Gasteiger partial charge in [0, 0.05) is 31.1 Å².